The van der Waals surface area contributed by atoms with Gasteiger partial charge in [-0.3, -0.25) is 4.79 Å². The highest BCUT2D eigenvalue weighted by Crippen LogP contribution is 2.32. The number of amides is 1. The summed E-state index contributed by atoms with van der Waals surface area (Å²) in [5, 5.41) is 2.59. The van der Waals surface area contributed by atoms with E-state index < -0.39 is 20.0 Å². The molecule has 21 heavy (non-hydrogen) atoms. The fraction of sp³-hybridized carbons (Fsp3) is 0.364. The van der Waals surface area contributed by atoms with Gasteiger partial charge in [0.15, 0.2) is 0 Å². The lowest BCUT2D eigenvalue weighted by Gasteiger charge is -2.21. The molecule has 0 bridgehead atoms. The van der Waals surface area contributed by atoms with E-state index in [1.165, 1.54) is 18.2 Å². The molecule has 0 unspecified atom stereocenters. The van der Waals surface area contributed by atoms with Crippen molar-refractivity contribution in [3.05, 3.63) is 22.7 Å². The van der Waals surface area contributed by atoms with Crippen molar-refractivity contribution >= 4 is 53.3 Å². The predicted molar refractivity (Wildman–Crippen MR) is 85.2 cm³/mol. The summed E-state index contributed by atoms with van der Waals surface area (Å²) in [6, 6.07) is 4.17. The quantitative estimate of drug-likeness (QED) is 0.809. The molecule has 0 spiro atoms. The van der Waals surface area contributed by atoms with E-state index in [-0.39, 0.29) is 22.5 Å². The Hall–Kier alpha value is -1.13. The number of hydrogen-bond acceptors (Lipinski definition) is 5. The summed E-state index contributed by atoms with van der Waals surface area (Å²) in [6.07, 6.45) is 1.89. The van der Waals surface area contributed by atoms with Crippen molar-refractivity contribution in [2.45, 2.75) is 13.3 Å². The van der Waals surface area contributed by atoms with Crippen molar-refractivity contribution < 1.29 is 21.6 Å². The minimum Gasteiger partial charge on any atom is -0.326 e. The van der Waals surface area contributed by atoms with Gasteiger partial charge >= 0.3 is 0 Å². The molecule has 0 atom stereocenters. The molecule has 0 aromatic heterocycles. The highest BCUT2D eigenvalue weighted by Gasteiger charge is 2.29. The number of carbonyl (C=O) groups excluding carboxylic acids is 1. The second-order valence-electron chi connectivity index (χ2n) is 4.29. The Bertz CT molecular complexity index is 727. The Morgan fingerprint density at radius 2 is 1.71 bits per heavy atom. The van der Waals surface area contributed by atoms with Crippen LogP contribution in [0.15, 0.2) is 22.7 Å². The smallest absolute Gasteiger partial charge is 0.245 e. The van der Waals surface area contributed by atoms with E-state index in [2.05, 4.69) is 21.2 Å². The molecule has 118 valence electrons. The van der Waals surface area contributed by atoms with Crippen molar-refractivity contribution in [3.8, 4) is 0 Å². The first-order valence-electron chi connectivity index (χ1n) is 5.76. The van der Waals surface area contributed by atoms with Gasteiger partial charge in [0.2, 0.25) is 26.0 Å². The average molecular weight is 399 g/mol. The third-order valence-electron chi connectivity index (χ3n) is 2.35. The molecule has 0 radical (unpaired) electrons. The number of anilines is 2. The Morgan fingerprint density at radius 1 is 1.19 bits per heavy atom. The normalized spacial score (nSPS) is 12.0. The van der Waals surface area contributed by atoms with Crippen LogP contribution in [-0.4, -0.2) is 35.3 Å². The fourth-order valence-electron chi connectivity index (χ4n) is 1.59. The number of halogens is 1. The lowest BCUT2D eigenvalue weighted by Crippen LogP contribution is -2.35. The van der Waals surface area contributed by atoms with Crippen LogP contribution in [0.5, 0.6) is 0 Å². The van der Waals surface area contributed by atoms with Gasteiger partial charge < -0.3 is 5.32 Å². The lowest BCUT2D eigenvalue weighted by molar-refractivity contribution is -0.115. The van der Waals surface area contributed by atoms with Crippen molar-refractivity contribution in [2.75, 3.05) is 21.5 Å². The summed E-state index contributed by atoms with van der Waals surface area (Å²) in [7, 11) is -8.02. The van der Waals surface area contributed by atoms with Crippen molar-refractivity contribution in [1.82, 2.24) is 0 Å². The van der Waals surface area contributed by atoms with Crippen LogP contribution in [0.4, 0.5) is 11.4 Å². The van der Waals surface area contributed by atoms with E-state index in [0.29, 0.717) is 9.40 Å². The molecule has 0 saturated heterocycles. The van der Waals surface area contributed by atoms with E-state index in [9.17, 15) is 21.6 Å². The van der Waals surface area contributed by atoms with Crippen LogP contribution in [0.1, 0.15) is 13.3 Å². The molecule has 0 fully saturated rings. The Balaban J connectivity index is 3.34. The number of benzene rings is 1. The molecule has 7 nitrogen and oxygen atoms in total. The zero-order valence-corrected chi connectivity index (χ0v) is 14.8. The number of carbonyl (C=O) groups is 1. The summed E-state index contributed by atoms with van der Waals surface area (Å²) in [5.41, 5.74) is 0.383. The molecule has 1 N–H and O–H groups in total. The van der Waals surface area contributed by atoms with Gasteiger partial charge in [-0.1, -0.05) is 6.92 Å². The van der Waals surface area contributed by atoms with E-state index in [0.717, 1.165) is 12.5 Å². The molecular weight excluding hydrogens is 384 g/mol. The van der Waals surface area contributed by atoms with E-state index in [1.54, 1.807) is 6.92 Å². The van der Waals surface area contributed by atoms with Crippen LogP contribution in [0, 0.1) is 0 Å². The fourth-order valence-corrected chi connectivity index (χ4v) is 5.38. The molecule has 0 aliphatic heterocycles. The minimum absolute atomic E-state index is 0.0468. The number of sulfonamides is 2. The summed E-state index contributed by atoms with van der Waals surface area (Å²) in [6.45, 7) is 1.69. The first-order valence-corrected chi connectivity index (χ1v) is 10.3. The van der Waals surface area contributed by atoms with Crippen molar-refractivity contribution in [1.29, 1.82) is 0 Å². The first-order chi connectivity index (χ1) is 9.46. The van der Waals surface area contributed by atoms with E-state index in [4.69, 9.17) is 0 Å². The molecular formula is C11H15BrN2O5S2. The maximum absolute atomic E-state index is 11.7. The lowest BCUT2D eigenvalue weighted by atomic mass is 10.3. The molecule has 1 amide bonds. The third kappa shape index (κ3) is 4.68. The highest BCUT2D eigenvalue weighted by atomic mass is 79.9. The van der Waals surface area contributed by atoms with Crippen LogP contribution in [0.25, 0.3) is 0 Å². The molecule has 1 aromatic carbocycles. The number of hydrogen-bond donors (Lipinski definition) is 1. The molecule has 0 heterocycles. The number of rotatable bonds is 5. The average Bonchev–Trinajstić information content (AvgIpc) is 2.29. The van der Waals surface area contributed by atoms with Gasteiger partial charge in [0.05, 0.1) is 18.2 Å². The number of nitrogens with zero attached hydrogens (tertiary/aromatic N) is 1. The topological polar surface area (TPSA) is 101 Å². The summed E-state index contributed by atoms with van der Waals surface area (Å²) in [5.74, 6) is -0.210. The monoisotopic (exact) mass is 398 g/mol. The molecule has 1 rings (SSSR count). The summed E-state index contributed by atoms with van der Waals surface area (Å²) in [4.78, 5) is 11.3. The van der Waals surface area contributed by atoms with Crippen LogP contribution >= 0.6 is 15.9 Å². The van der Waals surface area contributed by atoms with Gasteiger partial charge in [-0.2, -0.15) is 3.71 Å². The zero-order valence-electron chi connectivity index (χ0n) is 11.6. The zero-order chi connectivity index (χ0) is 16.4. The van der Waals surface area contributed by atoms with E-state index in [1.807, 2.05) is 0 Å². The van der Waals surface area contributed by atoms with Gasteiger partial charge in [-0.15, -0.1) is 0 Å². The molecule has 0 aliphatic carbocycles. The van der Waals surface area contributed by atoms with E-state index >= 15 is 0 Å². The third-order valence-corrected chi connectivity index (χ3v) is 6.21. The van der Waals surface area contributed by atoms with Gasteiger partial charge in [0, 0.05) is 16.6 Å². The number of nitrogens with one attached hydrogen (secondary N) is 1. The highest BCUT2D eigenvalue weighted by molar-refractivity contribution is 9.10. The van der Waals surface area contributed by atoms with Gasteiger partial charge in [0.1, 0.15) is 0 Å². The molecule has 1 aromatic rings. The Morgan fingerprint density at radius 3 is 2.10 bits per heavy atom. The second kappa shape index (κ2) is 6.32. The SMILES string of the molecule is CCC(=O)Nc1ccc(N(S(C)(=O)=O)S(C)(=O)=O)c(Br)c1. The van der Waals surface area contributed by atoms with Crippen LogP contribution < -0.4 is 9.03 Å². The Kier molecular flexibility index (Phi) is 5.40. The van der Waals surface area contributed by atoms with Gasteiger partial charge in [-0.05, 0) is 34.1 Å². The van der Waals surface area contributed by atoms with Crippen LogP contribution in [0.3, 0.4) is 0 Å². The Labute approximate surface area is 132 Å². The van der Waals surface area contributed by atoms with Gasteiger partial charge in [0.25, 0.3) is 0 Å². The van der Waals surface area contributed by atoms with Gasteiger partial charge in [-0.25, -0.2) is 16.8 Å². The first kappa shape index (κ1) is 17.9. The maximum Gasteiger partial charge on any atom is 0.245 e. The summed E-state index contributed by atoms with van der Waals surface area (Å²) < 4.78 is 47.3. The van der Waals surface area contributed by atoms with Crippen LogP contribution in [0.2, 0.25) is 0 Å². The molecule has 0 saturated carbocycles. The molecule has 10 heteroatoms. The predicted octanol–water partition coefficient (Wildman–Crippen LogP) is 1.52. The van der Waals surface area contributed by atoms with Crippen molar-refractivity contribution in [2.24, 2.45) is 0 Å². The van der Waals surface area contributed by atoms with Crippen molar-refractivity contribution in [3.63, 3.8) is 0 Å². The standard InChI is InChI=1S/C11H15BrN2O5S2/c1-4-11(15)13-8-5-6-10(9(12)7-8)14(20(2,16)17)21(3,18)19/h5-7H,4H2,1-3H3,(H,13,15). The van der Waals surface area contributed by atoms with Crippen LogP contribution in [-0.2, 0) is 24.8 Å². The summed E-state index contributed by atoms with van der Waals surface area (Å²) >= 11 is 3.12. The maximum atomic E-state index is 11.7. The minimum atomic E-state index is -4.01. The molecule has 0 aliphatic rings. The second-order valence-corrected chi connectivity index (χ2v) is 9.04. The largest absolute Gasteiger partial charge is 0.326 e.